The molecule has 6 rings (SSSR count). The molecule has 1 aromatic heterocycles. The number of thiazole rings is 1. The highest BCUT2D eigenvalue weighted by atomic mass is 32.2. The second-order valence-electron chi connectivity index (χ2n) is 8.10. The number of ether oxygens (including phenoxy) is 2. The number of methoxy groups -OCH3 is 1. The molecule has 0 amide bonds. The van der Waals surface area contributed by atoms with E-state index in [-0.39, 0.29) is 45.5 Å². The molecule has 0 unspecified atom stereocenters. The number of phenolic OH excluding ortho intramolecular Hbond substituents is 1. The maximum absolute atomic E-state index is 12.4. The highest BCUT2D eigenvalue weighted by molar-refractivity contribution is 8.00. The molecule has 0 spiro atoms. The highest BCUT2D eigenvalue weighted by Gasteiger charge is 2.69. The number of hydrogen-bond acceptors (Lipinski definition) is 8. The minimum atomic E-state index is -0.419. The molecule has 29 heavy (non-hydrogen) atoms. The molecule has 1 saturated heterocycles. The lowest BCUT2D eigenvalue weighted by molar-refractivity contribution is -0.154. The first-order valence-corrected chi connectivity index (χ1v) is 11.2. The van der Waals surface area contributed by atoms with Crippen molar-refractivity contribution in [3.63, 3.8) is 0 Å². The third-order valence-corrected chi connectivity index (χ3v) is 9.63. The Morgan fingerprint density at radius 2 is 1.93 bits per heavy atom. The minimum Gasteiger partial charge on any atom is -0.504 e. The van der Waals surface area contributed by atoms with Gasteiger partial charge in [0.2, 0.25) is 0 Å². The number of aromatic hydroxyl groups is 1. The summed E-state index contributed by atoms with van der Waals surface area (Å²) < 4.78 is 10.3. The normalized spacial score (nSPS) is 36.5. The summed E-state index contributed by atoms with van der Waals surface area (Å²) in [4.78, 5) is 40.6. The SMILES string of the molecule is COc1cccc([C@@H]2c3sc(=O)[nH]c3S[C@@H]3[C@H]4C[C@@H]([C@@H]5C(=O)OC(=O)[C@H]45)[C@@H]23)c1O. The largest absolute Gasteiger partial charge is 0.504 e. The van der Waals surface area contributed by atoms with Gasteiger partial charge >= 0.3 is 16.8 Å². The standard InChI is InChI=1S/C20H17NO6S2/c1-26-9-4-2-3-6(14(9)22)10-11-7-5-8(13-12(7)18(23)27-19(13)24)15(11)28-17-16(10)29-20(25)21-17/h2-4,7-8,10-13,15,22H,5H2,1H3,(H,21,25)/t7-,8+,10+,11+,12+,13-,15-/m1/s1. The van der Waals surface area contributed by atoms with E-state index in [9.17, 15) is 19.5 Å². The van der Waals surface area contributed by atoms with Crippen LogP contribution in [0.25, 0.3) is 0 Å². The van der Waals surface area contributed by atoms with Gasteiger partial charge in [0.05, 0.1) is 24.0 Å². The lowest BCUT2D eigenvalue weighted by Gasteiger charge is -2.42. The van der Waals surface area contributed by atoms with E-state index in [1.807, 2.05) is 12.1 Å². The lowest BCUT2D eigenvalue weighted by Crippen LogP contribution is -2.42. The molecule has 2 saturated carbocycles. The number of thioether (sulfide) groups is 1. The van der Waals surface area contributed by atoms with Crippen LogP contribution in [0.2, 0.25) is 0 Å². The van der Waals surface area contributed by atoms with Crippen LogP contribution in [0.3, 0.4) is 0 Å². The summed E-state index contributed by atoms with van der Waals surface area (Å²) in [5.41, 5.74) is 0.693. The third kappa shape index (κ3) is 2.17. The topological polar surface area (TPSA) is 106 Å². The van der Waals surface area contributed by atoms with Crippen LogP contribution < -0.4 is 9.61 Å². The van der Waals surface area contributed by atoms with Crippen molar-refractivity contribution < 1.29 is 24.2 Å². The predicted molar refractivity (Wildman–Crippen MR) is 104 cm³/mol. The van der Waals surface area contributed by atoms with Crippen molar-refractivity contribution in [1.82, 2.24) is 4.98 Å². The van der Waals surface area contributed by atoms with E-state index in [4.69, 9.17) is 9.47 Å². The van der Waals surface area contributed by atoms with Crippen molar-refractivity contribution in [2.75, 3.05) is 7.11 Å². The zero-order chi connectivity index (χ0) is 20.0. The number of esters is 2. The van der Waals surface area contributed by atoms with Gasteiger partial charge in [-0.25, -0.2) is 0 Å². The summed E-state index contributed by atoms with van der Waals surface area (Å²) in [6, 6.07) is 5.37. The Morgan fingerprint density at radius 3 is 2.69 bits per heavy atom. The van der Waals surface area contributed by atoms with Crippen LogP contribution in [0, 0.1) is 29.6 Å². The molecular formula is C20H17NO6S2. The number of aromatic nitrogens is 1. The second-order valence-corrected chi connectivity index (χ2v) is 10.3. The van der Waals surface area contributed by atoms with E-state index >= 15 is 0 Å². The van der Waals surface area contributed by atoms with E-state index in [2.05, 4.69) is 4.98 Å². The van der Waals surface area contributed by atoms with Gasteiger partial charge in [-0.2, -0.15) is 0 Å². The number of hydrogen-bond donors (Lipinski definition) is 2. The van der Waals surface area contributed by atoms with Crippen molar-refractivity contribution >= 4 is 35.0 Å². The van der Waals surface area contributed by atoms with Crippen molar-refractivity contribution in [3.8, 4) is 11.5 Å². The number of H-pyrrole nitrogens is 1. The monoisotopic (exact) mass is 431 g/mol. The molecule has 1 aromatic carbocycles. The molecule has 2 aromatic rings. The Balaban J connectivity index is 1.54. The smallest absolute Gasteiger partial charge is 0.317 e. The van der Waals surface area contributed by atoms with E-state index in [0.29, 0.717) is 11.3 Å². The average molecular weight is 431 g/mol. The Labute approximate surface area is 173 Å². The maximum Gasteiger partial charge on any atom is 0.317 e. The van der Waals surface area contributed by atoms with Gasteiger partial charge in [-0.15, -0.1) is 11.8 Å². The fraction of sp³-hybridized carbons (Fsp3) is 0.450. The van der Waals surface area contributed by atoms with Crippen LogP contribution in [-0.2, 0) is 14.3 Å². The Bertz CT molecular complexity index is 1120. The molecule has 2 bridgehead atoms. The molecule has 0 radical (unpaired) electrons. The van der Waals surface area contributed by atoms with Crippen LogP contribution in [0.4, 0.5) is 0 Å². The van der Waals surface area contributed by atoms with Crippen LogP contribution in [0.15, 0.2) is 28.0 Å². The van der Waals surface area contributed by atoms with Gasteiger partial charge in [0.25, 0.3) is 0 Å². The second kappa shape index (κ2) is 5.89. The number of aromatic amines is 1. The molecular weight excluding hydrogens is 414 g/mol. The van der Waals surface area contributed by atoms with E-state index in [1.54, 1.807) is 17.8 Å². The molecule has 7 atom stereocenters. The number of fused-ring (bicyclic) bond motifs is 9. The van der Waals surface area contributed by atoms with Gasteiger partial charge in [-0.3, -0.25) is 14.4 Å². The number of nitrogens with one attached hydrogen (secondary N) is 1. The third-order valence-electron chi connectivity index (χ3n) is 7.04. The molecule has 7 nitrogen and oxygen atoms in total. The van der Waals surface area contributed by atoms with Gasteiger partial charge in [0.1, 0.15) is 0 Å². The molecule has 150 valence electrons. The number of cyclic esters (lactones) is 2. The fourth-order valence-electron chi connectivity index (χ4n) is 6.12. The summed E-state index contributed by atoms with van der Waals surface area (Å²) in [6.45, 7) is 0. The molecule has 9 heteroatoms. The number of carbonyl (C=O) groups excluding carboxylic acids is 2. The quantitative estimate of drug-likeness (QED) is 0.555. The zero-order valence-corrected chi connectivity index (χ0v) is 16.9. The minimum absolute atomic E-state index is 0.0117. The summed E-state index contributed by atoms with van der Waals surface area (Å²) >= 11 is 2.75. The van der Waals surface area contributed by atoms with Gasteiger partial charge in [0, 0.05) is 21.6 Å². The number of carbonyl (C=O) groups is 2. The number of benzene rings is 1. The van der Waals surface area contributed by atoms with Crippen LogP contribution >= 0.6 is 23.1 Å². The van der Waals surface area contributed by atoms with Gasteiger partial charge in [0.15, 0.2) is 11.5 Å². The van der Waals surface area contributed by atoms with Crippen molar-refractivity contribution in [1.29, 1.82) is 0 Å². The average Bonchev–Trinajstić information content (AvgIpc) is 3.41. The molecule has 3 fully saturated rings. The molecule has 2 aliphatic carbocycles. The number of para-hydroxylation sites is 1. The highest BCUT2D eigenvalue weighted by Crippen LogP contribution is 2.68. The van der Waals surface area contributed by atoms with E-state index in [1.165, 1.54) is 7.11 Å². The van der Waals surface area contributed by atoms with E-state index in [0.717, 1.165) is 27.7 Å². The fourth-order valence-corrected chi connectivity index (χ4v) is 9.00. The maximum atomic E-state index is 12.4. The van der Waals surface area contributed by atoms with Crippen molar-refractivity contribution in [3.05, 3.63) is 38.3 Å². The molecule has 3 heterocycles. The first-order chi connectivity index (χ1) is 14.0. The zero-order valence-electron chi connectivity index (χ0n) is 15.3. The summed E-state index contributed by atoms with van der Waals surface area (Å²) in [6.07, 6.45) is 0.791. The van der Waals surface area contributed by atoms with Gasteiger partial charge in [-0.1, -0.05) is 23.5 Å². The Morgan fingerprint density at radius 1 is 1.17 bits per heavy atom. The number of rotatable bonds is 2. The molecule has 4 aliphatic rings. The molecule has 2 N–H and O–H groups in total. The summed E-state index contributed by atoms with van der Waals surface area (Å²) in [5.74, 6) is -1.38. The van der Waals surface area contributed by atoms with Crippen molar-refractivity contribution in [2.24, 2.45) is 29.6 Å². The lowest BCUT2D eigenvalue weighted by atomic mass is 9.68. The first kappa shape index (κ1) is 17.6. The van der Waals surface area contributed by atoms with Gasteiger partial charge in [-0.05, 0) is 30.2 Å². The van der Waals surface area contributed by atoms with Crippen LogP contribution in [-0.4, -0.2) is 34.4 Å². The van der Waals surface area contributed by atoms with Crippen LogP contribution in [0.5, 0.6) is 11.5 Å². The predicted octanol–water partition coefficient (Wildman–Crippen LogP) is 2.34. The number of phenols is 1. The summed E-state index contributed by atoms with van der Waals surface area (Å²) in [7, 11) is 1.50. The van der Waals surface area contributed by atoms with E-state index < -0.39 is 17.9 Å². The Kier molecular flexibility index (Phi) is 3.57. The summed E-state index contributed by atoms with van der Waals surface area (Å²) in [5, 5.41) is 11.8. The van der Waals surface area contributed by atoms with Crippen molar-refractivity contribution in [2.45, 2.75) is 22.6 Å². The Hall–Kier alpha value is -2.26. The van der Waals surface area contributed by atoms with Crippen LogP contribution in [0.1, 0.15) is 22.8 Å². The van der Waals surface area contributed by atoms with Gasteiger partial charge < -0.3 is 19.6 Å². The first-order valence-electron chi connectivity index (χ1n) is 9.50. The molecule has 2 aliphatic heterocycles.